The van der Waals surface area contributed by atoms with Gasteiger partial charge in [0.2, 0.25) is 5.91 Å². The third-order valence-corrected chi connectivity index (χ3v) is 3.94. The van der Waals surface area contributed by atoms with E-state index >= 15 is 0 Å². The zero-order valence-electron chi connectivity index (χ0n) is 12.5. The van der Waals surface area contributed by atoms with Crippen LogP contribution < -0.4 is 15.8 Å². The van der Waals surface area contributed by atoms with Crippen molar-refractivity contribution in [3.63, 3.8) is 0 Å². The predicted octanol–water partition coefficient (Wildman–Crippen LogP) is 2.17. The van der Waals surface area contributed by atoms with Crippen LogP contribution in [0, 0.1) is 5.92 Å². The first-order chi connectivity index (χ1) is 10.2. The van der Waals surface area contributed by atoms with E-state index in [9.17, 15) is 4.79 Å². The minimum Gasteiger partial charge on any atom is -0.497 e. The monoisotopic (exact) mass is 292 g/mol. The standard InChI is InChI=1S/C16H24N2O3/c1-20-14-8-6-13(7-9-14)18-16(19)11-21-15-5-3-2-4-12(15)10-17/h6-9,12,15H,2-5,10-11,17H2,1H3,(H,18,19). The molecule has 0 aliphatic heterocycles. The molecule has 21 heavy (non-hydrogen) atoms. The summed E-state index contributed by atoms with van der Waals surface area (Å²) in [7, 11) is 1.61. The molecule has 0 aromatic heterocycles. The summed E-state index contributed by atoms with van der Waals surface area (Å²) in [5, 5.41) is 2.81. The molecule has 0 spiro atoms. The molecule has 1 saturated carbocycles. The summed E-state index contributed by atoms with van der Waals surface area (Å²) in [6, 6.07) is 7.23. The van der Waals surface area contributed by atoms with Crippen molar-refractivity contribution in [2.24, 2.45) is 11.7 Å². The fraction of sp³-hybridized carbons (Fsp3) is 0.562. The summed E-state index contributed by atoms with van der Waals surface area (Å²) >= 11 is 0. The molecule has 2 rings (SSSR count). The number of rotatable bonds is 6. The molecule has 3 N–H and O–H groups in total. The Morgan fingerprint density at radius 2 is 2.00 bits per heavy atom. The molecule has 1 aliphatic rings. The molecule has 1 aromatic rings. The summed E-state index contributed by atoms with van der Waals surface area (Å²) in [6.45, 7) is 0.706. The van der Waals surface area contributed by atoms with Crippen molar-refractivity contribution < 1.29 is 14.3 Å². The maximum atomic E-state index is 11.9. The summed E-state index contributed by atoms with van der Waals surface area (Å²) in [5.74, 6) is 1.01. The van der Waals surface area contributed by atoms with Crippen molar-refractivity contribution in [3.8, 4) is 5.75 Å². The van der Waals surface area contributed by atoms with Crippen molar-refractivity contribution in [2.75, 3.05) is 25.6 Å². The summed E-state index contributed by atoms with van der Waals surface area (Å²) in [5.41, 5.74) is 6.50. The number of carbonyl (C=O) groups is 1. The van der Waals surface area contributed by atoms with E-state index in [1.165, 1.54) is 6.42 Å². The number of nitrogens with two attached hydrogens (primary N) is 1. The Balaban J connectivity index is 1.78. The number of carbonyl (C=O) groups excluding carboxylic acids is 1. The highest BCUT2D eigenvalue weighted by molar-refractivity contribution is 5.91. The van der Waals surface area contributed by atoms with E-state index in [0.29, 0.717) is 12.5 Å². The number of ether oxygens (including phenoxy) is 2. The highest BCUT2D eigenvalue weighted by Crippen LogP contribution is 2.26. The van der Waals surface area contributed by atoms with Crippen molar-refractivity contribution in [2.45, 2.75) is 31.8 Å². The summed E-state index contributed by atoms with van der Waals surface area (Å²) in [6.07, 6.45) is 4.57. The van der Waals surface area contributed by atoms with Crippen molar-refractivity contribution >= 4 is 11.6 Å². The number of methoxy groups -OCH3 is 1. The van der Waals surface area contributed by atoms with Crippen LogP contribution >= 0.6 is 0 Å². The Morgan fingerprint density at radius 3 is 2.67 bits per heavy atom. The van der Waals surface area contributed by atoms with Crippen LogP contribution in [0.2, 0.25) is 0 Å². The largest absolute Gasteiger partial charge is 0.497 e. The van der Waals surface area contributed by atoms with Crippen LogP contribution in [0.15, 0.2) is 24.3 Å². The second kappa shape index (κ2) is 8.00. The Labute approximate surface area is 125 Å². The van der Waals surface area contributed by atoms with Crippen molar-refractivity contribution in [1.82, 2.24) is 0 Å². The molecule has 0 radical (unpaired) electrons. The lowest BCUT2D eigenvalue weighted by atomic mass is 9.86. The topological polar surface area (TPSA) is 73.6 Å². The van der Waals surface area contributed by atoms with Gasteiger partial charge in [-0.3, -0.25) is 4.79 Å². The Bertz CT molecular complexity index is 447. The quantitative estimate of drug-likeness (QED) is 0.842. The van der Waals surface area contributed by atoms with Gasteiger partial charge >= 0.3 is 0 Å². The molecule has 5 nitrogen and oxygen atoms in total. The van der Waals surface area contributed by atoms with Crippen LogP contribution in [0.1, 0.15) is 25.7 Å². The van der Waals surface area contributed by atoms with Gasteiger partial charge in [-0.15, -0.1) is 0 Å². The second-order valence-corrected chi connectivity index (χ2v) is 5.41. The van der Waals surface area contributed by atoms with Crippen LogP contribution in [0.4, 0.5) is 5.69 Å². The fourth-order valence-electron chi connectivity index (χ4n) is 2.72. The zero-order chi connectivity index (χ0) is 15.1. The van der Waals surface area contributed by atoms with E-state index in [1.807, 2.05) is 12.1 Å². The number of hydrogen-bond acceptors (Lipinski definition) is 4. The number of amides is 1. The van der Waals surface area contributed by atoms with E-state index in [4.69, 9.17) is 15.2 Å². The van der Waals surface area contributed by atoms with Crippen molar-refractivity contribution in [1.29, 1.82) is 0 Å². The van der Waals surface area contributed by atoms with Crippen LogP contribution in [0.3, 0.4) is 0 Å². The van der Waals surface area contributed by atoms with Gasteiger partial charge in [-0.25, -0.2) is 0 Å². The lowest BCUT2D eigenvalue weighted by Crippen LogP contribution is -2.35. The van der Waals surface area contributed by atoms with E-state index in [0.717, 1.165) is 30.7 Å². The first-order valence-corrected chi connectivity index (χ1v) is 7.48. The number of nitrogens with one attached hydrogen (secondary N) is 1. The van der Waals surface area contributed by atoms with Gasteiger partial charge in [0, 0.05) is 5.69 Å². The first-order valence-electron chi connectivity index (χ1n) is 7.48. The lowest BCUT2D eigenvalue weighted by molar-refractivity contribution is -0.124. The first kappa shape index (κ1) is 15.8. The Hall–Kier alpha value is -1.59. The second-order valence-electron chi connectivity index (χ2n) is 5.41. The third kappa shape index (κ3) is 4.72. The van der Waals surface area contributed by atoms with Crippen LogP contribution in [-0.2, 0) is 9.53 Å². The normalized spacial score (nSPS) is 21.8. The molecule has 0 bridgehead atoms. The van der Waals surface area contributed by atoms with Crippen molar-refractivity contribution in [3.05, 3.63) is 24.3 Å². The van der Waals surface area contributed by atoms with Gasteiger partial charge in [0.25, 0.3) is 0 Å². The van der Waals surface area contributed by atoms with E-state index in [-0.39, 0.29) is 18.6 Å². The van der Waals surface area contributed by atoms with E-state index in [2.05, 4.69) is 5.32 Å². The van der Waals surface area contributed by atoms with Crippen LogP contribution in [0.5, 0.6) is 5.75 Å². The molecule has 0 saturated heterocycles. The Morgan fingerprint density at radius 1 is 1.29 bits per heavy atom. The van der Waals surface area contributed by atoms with Crippen LogP contribution in [-0.4, -0.2) is 32.3 Å². The van der Waals surface area contributed by atoms with Gasteiger partial charge in [0.05, 0.1) is 13.2 Å². The summed E-state index contributed by atoms with van der Waals surface area (Å²) in [4.78, 5) is 11.9. The molecular weight excluding hydrogens is 268 g/mol. The highest BCUT2D eigenvalue weighted by atomic mass is 16.5. The van der Waals surface area contributed by atoms with Gasteiger partial charge in [-0.1, -0.05) is 12.8 Å². The average Bonchev–Trinajstić information content (AvgIpc) is 2.54. The van der Waals surface area contributed by atoms with E-state index < -0.39 is 0 Å². The smallest absolute Gasteiger partial charge is 0.250 e. The van der Waals surface area contributed by atoms with Gasteiger partial charge in [-0.05, 0) is 49.6 Å². The fourth-order valence-corrected chi connectivity index (χ4v) is 2.72. The molecule has 1 amide bonds. The third-order valence-electron chi connectivity index (χ3n) is 3.94. The molecule has 1 aromatic carbocycles. The van der Waals surface area contributed by atoms with Crippen LogP contribution in [0.25, 0.3) is 0 Å². The highest BCUT2D eigenvalue weighted by Gasteiger charge is 2.25. The number of hydrogen-bond donors (Lipinski definition) is 2. The van der Waals surface area contributed by atoms with Gasteiger partial charge in [-0.2, -0.15) is 0 Å². The zero-order valence-corrected chi connectivity index (χ0v) is 12.5. The van der Waals surface area contributed by atoms with Gasteiger partial charge < -0.3 is 20.5 Å². The molecular formula is C16H24N2O3. The average molecular weight is 292 g/mol. The summed E-state index contributed by atoms with van der Waals surface area (Å²) < 4.78 is 10.8. The SMILES string of the molecule is COc1ccc(NC(=O)COC2CCCCC2CN)cc1. The molecule has 0 heterocycles. The minimum absolute atomic E-state index is 0.0766. The number of anilines is 1. The number of benzene rings is 1. The minimum atomic E-state index is -0.137. The van der Waals surface area contributed by atoms with Gasteiger partial charge in [0.1, 0.15) is 12.4 Å². The molecule has 2 atom stereocenters. The lowest BCUT2D eigenvalue weighted by Gasteiger charge is -2.30. The molecule has 1 fully saturated rings. The molecule has 116 valence electrons. The Kier molecular flexibility index (Phi) is 6.02. The van der Waals surface area contributed by atoms with E-state index in [1.54, 1.807) is 19.2 Å². The maximum absolute atomic E-state index is 11.9. The van der Waals surface area contributed by atoms with Gasteiger partial charge in [0.15, 0.2) is 0 Å². The maximum Gasteiger partial charge on any atom is 0.250 e. The molecule has 1 aliphatic carbocycles. The molecule has 5 heteroatoms. The molecule has 2 unspecified atom stereocenters. The predicted molar refractivity (Wildman–Crippen MR) is 82.4 cm³/mol.